The highest BCUT2D eigenvalue weighted by molar-refractivity contribution is 6.22. The molecular formula is C64H34F12N4. The number of aromatic nitrogens is 4. The minimum atomic E-state index is -4.81. The van der Waals surface area contributed by atoms with Crippen molar-refractivity contribution in [2.45, 2.75) is 24.7 Å². The Morgan fingerprint density at radius 2 is 0.688 bits per heavy atom. The van der Waals surface area contributed by atoms with Gasteiger partial charge < -0.3 is 9.13 Å². The van der Waals surface area contributed by atoms with Gasteiger partial charge in [0.15, 0.2) is 0 Å². The topological polar surface area (TPSA) is 35.6 Å². The number of fused-ring (bicyclic) bond motifs is 8. The third-order valence-corrected chi connectivity index (χ3v) is 14.7. The molecule has 394 valence electrons. The van der Waals surface area contributed by atoms with E-state index >= 15 is 0 Å². The van der Waals surface area contributed by atoms with Gasteiger partial charge >= 0.3 is 24.7 Å². The van der Waals surface area contributed by atoms with Crippen LogP contribution in [0.25, 0.3) is 121 Å². The van der Waals surface area contributed by atoms with Crippen LogP contribution in [0.2, 0.25) is 0 Å². The number of halogens is 12. The van der Waals surface area contributed by atoms with Crippen molar-refractivity contribution in [1.82, 2.24) is 19.1 Å². The highest BCUT2D eigenvalue weighted by atomic mass is 19.4. The molecule has 80 heavy (non-hydrogen) atoms. The summed E-state index contributed by atoms with van der Waals surface area (Å²) in [4.78, 5) is 9.54. The van der Waals surface area contributed by atoms with Crippen molar-refractivity contribution in [2.24, 2.45) is 0 Å². The maximum atomic E-state index is 14.3. The Balaban J connectivity index is 1.13. The normalized spacial score (nSPS) is 12.8. The molecule has 0 aliphatic heterocycles. The molecule has 4 aromatic heterocycles. The SMILES string of the molecule is FC(F)(F)c1ccc2c(c1)c1cc(C(F)(F)F)ccc1n2-c1ccc2c(-c3ccc(-c4ccccc4)cn3)c3cc(-n4c5ccc(C(F)(F)F)cc5c5cc(C(F)(F)F)ccc54)ccc3c(-c3ccc(-c4ccccn4)cc3)c2c1. The summed E-state index contributed by atoms with van der Waals surface area (Å²) in [7, 11) is 0. The predicted octanol–water partition coefficient (Wildman–Crippen LogP) is 19.7. The quantitative estimate of drug-likeness (QED) is 0.123. The molecule has 0 aliphatic rings. The number of pyridine rings is 2. The van der Waals surface area contributed by atoms with Crippen LogP contribution in [-0.4, -0.2) is 19.1 Å². The van der Waals surface area contributed by atoms with E-state index in [1.165, 1.54) is 24.3 Å². The van der Waals surface area contributed by atoms with Crippen LogP contribution in [-0.2, 0) is 24.7 Å². The molecule has 13 rings (SSSR count). The molecule has 0 saturated carbocycles. The first-order valence-electron chi connectivity index (χ1n) is 24.7. The third-order valence-electron chi connectivity index (χ3n) is 14.7. The first-order chi connectivity index (χ1) is 38.2. The molecule has 0 bridgehead atoms. The molecule has 4 nitrogen and oxygen atoms in total. The molecule has 13 aromatic rings. The van der Waals surface area contributed by atoms with Gasteiger partial charge in [0, 0.05) is 62.0 Å². The van der Waals surface area contributed by atoms with Gasteiger partial charge in [0.05, 0.1) is 55.7 Å². The lowest BCUT2D eigenvalue weighted by atomic mass is 9.86. The Kier molecular flexibility index (Phi) is 11.3. The second-order valence-corrected chi connectivity index (χ2v) is 19.4. The smallest absolute Gasteiger partial charge is 0.309 e. The van der Waals surface area contributed by atoms with E-state index < -0.39 is 47.0 Å². The van der Waals surface area contributed by atoms with Crippen LogP contribution in [0.1, 0.15) is 22.3 Å². The Labute approximate surface area is 445 Å². The Hall–Kier alpha value is -9.44. The van der Waals surface area contributed by atoms with Crippen LogP contribution in [0.3, 0.4) is 0 Å². The molecular weight excluding hydrogens is 1050 g/mol. The summed E-state index contributed by atoms with van der Waals surface area (Å²) in [5.74, 6) is 0. The Morgan fingerprint density at radius 1 is 0.275 bits per heavy atom. The molecule has 0 saturated heterocycles. The minimum Gasteiger partial charge on any atom is -0.309 e. The van der Waals surface area contributed by atoms with Gasteiger partial charge in [-0.25, -0.2) is 0 Å². The molecule has 0 unspecified atom stereocenters. The second-order valence-electron chi connectivity index (χ2n) is 19.4. The Bertz CT molecular complexity index is 4170. The molecule has 0 spiro atoms. The van der Waals surface area contributed by atoms with Gasteiger partial charge in [-0.2, -0.15) is 52.7 Å². The largest absolute Gasteiger partial charge is 0.416 e. The number of hydrogen-bond acceptors (Lipinski definition) is 2. The number of rotatable bonds is 6. The molecule has 0 amide bonds. The summed E-state index contributed by atoms with van der Waals surface area (Å²) >= 11 is 0. The fourth-order valence-electron chi connectivity index (χ4n) is 11.1. The highest BCUT2D eigenvalue weighted by Crippen LogP contribution is 2.48. The van der Waals surface area contributed by atoms with E-state index in [4.69, 9.17) is 4.98 Å². The number of benzene rings is 9. The Morgan fingerprint density at radius 3 is 1.10 bits per heavy atom. The summed E-state index contributed by atoms with van der Waals surface area (Å²) in [6, 6.07) is 48.8. The highest BCUT2D eigenvalue weighted by Gasteiger charge is 2.36. The zero-order valence-corrected chi connectivity index (χ0v) is 41.0. The average Bonchev–Trinajstić information content (AvgIpc) is 4.03. The van der Waals surface area contributed by atoms with Gasteiger partial charge in [0.2, 0.25) is 0 Å². The maximum absolute atomic E-state index is 14.3. The number of alkyl halides is 12. The van der Waals surface area contributed by atoms with E-state index in [1.807, 2.05) is 97.1 Å². The lowest BCUT2D eigenvalue weighted by Crippen LogP contribution is -2.04. The summed E-state index contributed by atoms with van der Waals surface area (Å²) < 4.78 is 175. The molecule has 0 radical (unpaired) electrons. The molecule has 0 aliphatic carbocycles. The van der Waals surface area contributed by atoms with Crippen LogP contribution in [0, 0.1) is 0 Å². The number of hydrogen-bond donors (Lipinski definition) is 0. The monoisotopic (exact) mass is 1090 g/mol. The van der Waals surface area contributed by atoms with Gasteiger partial charge in [0.25, 0.3) is 0 Å². The fourth-order valence-corrected chi connectivity index (χ4v) is 11.1. The summed E-state index contributed by atoms with van der Waals surface area (Å²) in [5.41, 5.74) is 2.84. The van der Waals surface area contributed by atoms with Crippen molar-refractivity contribution in [1.29, 1.82) is 0 Å². The van der Waals surface area contributed by atoms with Crippen molar-refractivity contribution < 1.29 is 52.7 Å². The van der Waals surface area contributed by atoms with Gasteiger partial charge in [-0.3, -0.25) is 9.97 Å². The first kappa shape index (κ1) is 50.1. The molecule has 0 atom stereocenters. The van der Waals surface area contributed by atoms with E-state index in [0.29, 0.717) is 61.0 Å². The van der Waals surface area contributed by atoms with Crippen molar-refractivity contribution in [3.63, 3.8) is 0 Å². The molecule has 0 N–H and O–H groups in total. The lowest BCUT2D eigenvalue weighted by molar-refractivity contribution is -0.138. The molecule has 4 heterocycles. The van der Waals surface area contributed by atoms with Gasteiger partial charge in [-0.05, 0) is 153 Å². The first-order valence-corrected chi connectivity index (χ1v) is 24.7. The third kappa shape index (κ3) is 8.44. The van der Waals surface area contributed by atoms with Crippen molar-refractivity contribution in [3.8, 4) is 56.1 Å². The zero-order valence-electron chi connectivity index (χ0n) is 41.0. The van der Waals surface area contributed by atoms with E-state index in [-0.39, 0.29) is 43.6 Å². The fraction of sp³-hybridized carbons (Fsp3) is 0.0625. The number of nitrogens with zero attached hydrogens (tertiary/aromatic N) is 4. The van der Waals surface area contributed by atoms with E-state index in [1.54, 1.807) is 45.8 Å². The van der Waals surface area contributed by atoms with Crippen molar-refractivity contribution in [3.05, 3.63) is 229 Å². The lowest BCUT2D eigenvalue weighted by Gasteiger charge is -2.20. The maximum Gasteiger partial charge on any atom is 0.416 e. The van der Waals surface area contributed by atoms with E-state index in [9.17, 15) is 52.7 Å². The van der Waals surface area contributed by atoms with Crippen LogP contribution in [0.4, 0.5) is 52.7 Å². The summed E-state index contributed by atoms with van der Waals surface area (Å²) in [5, 5.41) is 2.11. The standard InChI is InChI=1S/C64H34F12N4/c65-61(66,67)39-14-23-55-47(28-39)48-29-40(62(68,69)70)15-24-56(48)79(55)43-19-21-46-51(32-43)59(37-11-9-36(10-12-37)53-8-4-5-27-77-53)45-20-18-44(33-52(45)60(46)54-22-13-38(34-78-54)35-6-2-1-3-7-35)80-57-25-16-41(63(71,72)73)30-49(57)50-31-42(64(74,75)76)17-26-58(50)80/h1-34H. The van der Waals surface area contributed by atoms with E-state index in [2.05, 4.69) is 4.98 Å². The zero-order chi connectivity index (χ0) is 55.6. The van der Waals surface area contributed by atoms with Crippen LogP contribution >= 0.6 is 0 Å². The average molecular weight is 1090 g/mol. The summed E-state index contributed by atoms with van der Waals surface area (Å²) in [6.45, 7) is 0. The second kappa shape index (κ2) is 18.1. The van der Waals surface area contributed by atoms with Gasteiger partial charge in [-0.15, -0.1) is 0 Å². The minimum absolute atomic E-state index is 0.0601. The van der Waals surface area contributed by atoms with Gasteiger partial charge in [0.1, 0.15) is 0 Å². The van der Waals surface area contributed by atoms with Crippen LogP contribution < -0.4 is 0 Å². The molecule has 16 heteroatoms. The van der Waals surface area contributed by atoms with Crippen LogP contribution in [0.5, 0.6) is 0 Å². The van der Waals surface area contributed by atoms with Gasteiger partial charge in [-0.1, -0.05) is 78.9 Å². The predicted molar refractivity (Wildman–Crippen MR) is 287 cm³/mol. The van der Waals surface area contributed by atoms with Crippen LogP contribution in [0.15, 0.2) is 207 Å². The molecule has 0 fully saturated rings. The molecule has 9 aromatic carbocycles. The van der Waals surface area contributed by atoms with Crippen molar-refractivity contribution in [2.75, 3.05) is 0 Å². The summed E-state index contributed by atoms with van der Waals surface area (Å²) in [6.07, 6.45) is -15.9. The van der Waals surface area contributed by atoms with E-state index in [0.717, 1.165) is 65.2 Å². The van der Waals surface area contributed by atoms with Crippen molar-refractivity contribution >= 4 is 65.2 Å².